The second kappa shape index (κ2) is 8.28. The molecule has 1 aliphatic heterocycles. The highest BCUT2D eigenvalue weighted by molar-refractivity contribution is 5.37. The second-order valence-electron chi connectivity index (χ2n) is 5.81. The summed E-state index contributed by atoms with van der Waals surface area (Å²) in [6.07, 6.45) is 3.65. The van der Waals surface area contributed by atoms with Crippen LogP contribution in [0.5, 0.6) is 0 Å². The first kappa shape index (κ1) is 17.7. The molecule has 1 aromatic heterocycles. The summed E-state index contributed by atoms with van der Waals surface area (Å²) in [6, 6.07) is 0. The van der Waals surface area contributed by atoms with Crippen molar-refractivity contribution >= 4 is 5.69 Å². The van der Waals surface area contributed by atoms with Gasteiger partial charge in [0.05, 0.1) is 12.7 Å². The largest absolute Gasteiger partial charge is 0.394 e. The fraction of sp³-hybridized carbons (Fsp3) is 0.733. The second-order valence-corrected chi connectivity index (χ2v) is 5.81. The summed E-state index contributed by atoms with van der Waals surface area (Å²) in [6.45, 7) is 2.46. The quantitative estimate of drug-likeness (QED) is 0.506. The molecule has 23 heavy (non-hydrogen) atoms. The number of ether oxygens (including phenoxy) is 1. The van der Waals surface area contributed by atoms with Crippen molar-refractivity contribution in [3.8, 4) is 0 Å². The lowest BCUT2D eigenvalue weighted by Crippen LogP contribution is -2.34. The van der Waals surface area contributed by atoms with Gasteiger partial charge in [-0.2, -0.15) is 0 Å². The molecule has 2 rings (SSSR count). The van der Waals surface area contributed by atoms with Crippen molar-refractivity contribution < 1.29 is 14.9 Å². The molecule has 0 aliphatic carbocycles. The molecule has 3 unspecified atom stereocenters. The van der Waals surface area contributed by atoms with Crippen LogP contribution in [0.4, 0.5) is 5.69 Å². The average molecular weight is 327 g/mol. The van der Waals surface area contributed by atoms with E-state index in [0.717, 1.165) is 25.7 Å². The van der Waals surface area contributed by atoms with Crippen molar-refractivity contribution in [3.05, 3.63) is 27.0 Å². The number of hydrogen-bond donors (Lipinski definition) is 4. The van der Waals surface area contributed by atoms with Crippen LogP contribution in [0.3, 0.4) is 0 Å². The van der Waals surface area contributed by atoms with Crippen molar-refractivity contribution in [2.45, 2.75) is 57.5 Å². The SMILES string of the molecule is CCCCCCNc1cn(C2CC(O)C(CO)O2)c(=O)[nH]c1=O. The number of rotatable bonds is 8. The summed E-state index contributed by atoms with van der Waals surface area (Å²) >= 11 is 0. The first-order valence-corrected chi connectivity index (χ1v) is 8.10. The number of aromatic amines is 1. The number of nitrogens with zero attached hydrogens (tertiary/aromatic N) is 1. The predicted molar refractivity (Wildman–Crippen MR) is 85.6 cm³/mol. The summed E-state index contributed by atoms with van der Waals surface area (Å²) in [5.74, 6) is 0. The number of anilines is 1. The first-order chi connectivity index (χ1) is 11.1. The number of aliphatic hydroxyl groups excluding tert-OH is 2. The van der Waals surface area contributed by atoms with E-state index in [1.54, 1.807) is 0 Å². The van der Waals surface area contributed by atoms with Crippen LogP contribution in [0.15, 0.2) is 15.8 Å². The van der Waals surface area contributed by atoms with E-state index in [1.165, 1.54) is 10.8 Å². The summed E-state index contributed by atoms with van der Waals surface area (Å²) in [5.41, 5.74) is -0.770. The van der Waals surface area contributed by atoms with Crippen LogP contribution in [0, 0.1) is 0 Å². The Morgan fingerprint density at radius 2 is 2.17 bits per heavy atom. The van der Waals surface area contributed by atoms with Gasteiger partial charge in [0, 0.05) is 19.2 Å². The van der Waals surface area contributed by atoms with E-state index >= 15 is 0 Å². The van der Waals surface area contributed by atoms with Gasteiger partial charge in [0.1, 0.15) is 18.0 Å². The number of H-pyrrole nitrogens is 1. The van der Waals surface area contributed by atoms with Gasteiger partial charge in [-0.05, 0) is 6.42 Å². The van der Waals surface area contributed by atoms with E-state index in [0.29, 0.717) is 12.2 Å². The molecule has 1 aliphatic rings. The van der Waals surface area contributed by atoms with E-state index in [1.807, 2.05) is 0 Å². The van der Waals surface area contributed by atoms with Crippen molar-refractivity contribution in [3.63, 3.8) is 0 Å². The highest BCUT2D eigenvalue weighted by atomic mass is 16.5. The Hall–Kier alpha value is -1.64. The lowest BCUT2D eigenvalue weighted by atomic mass is 10.2. The average Bonchev–Trinajstić information content (AvgIpc) is 2.89. The zero-order valence-corrected chi connectivity index (χ0v) is 13.3. The Morgan fingerprint density at radius 3 is 2.83 bits per heavy atom. The minimum atomic E-state index is -0.839. The zero-order valence-electron chi connectivity index (χ0n) is 13.3. The molecule has 2 heterocycles. The van der Waals surface area contributed by atoms with Crippen LogP contribution in [0.25, 0.3) is 0 Å². The predicted octanol–water partition coefficient (Wildman–Crippen LogP) is 0.169. The van der Waals surface area contributed by atoms with E-state index in [2.05, 4.69) is 17.2 Å². The third-order valence-electron chi connectivity index (χ3n) is 4.01. The van der Waals surface area contributed by atoms with Gasteiger partial charge in [-0.25, -0.2) is 4.79 Å². The van der Waals surface area contributed by atoms with E-state index in [9.17, 15) is 14.7 Å². The maximum Gasteiger partial charge on any atom is 0.330 e. The Labute approximate surface area is 134 Å². The zero-order chi connectivity index (χ0) is 16.8. The van der Waals surface area contributed by atoms with Gasteiger partial charge in [-0.3, -0.25) is 14.3 Å². The smallest absolute Gasteiger partial charge is 0.330 e. The molecule has 0 bridgehead atoms. The Morgan fingerprint density at radius 1 is 1.39 bits per heavy atom. The number of nitrogens with one attached hydrogen (secondary N) is 2. The third kappa shape index (κ3) is 4.43. The van der Waals surface area contributed by atoms with Crippen molar-refractivity contribution in [2.24, 2.45) is 0 Å². The number of unbranched alkanes of at least 4 members (excludes halogenated alkanes) is 3. The van der Waals surface area contributed by atoms with Gasteiger partial charge in [0.25, 0.3) is 5.56 Å². The van der Waals surface area contributed by atoms with Crippen LogP contribution in [0.1, 0.15) is 45.3 Å². The lowest BCUT2D eigenvalue weighted by molar-refractivity contribution is -0.0458. The summed E-state index contributed by atoms with van der Waals surface area (Å²) in [5, 5.41) is 21.9. The van der Waals surface area contributed by atoms with Gasteiger partial charge in [-0.15, -0.1) is 0 Å². The molecule has 1 aromatic rings. The normalized spacial score (nSPS) is 24.0. The molecule has 0 amide bonds. The molecule has 0 aromatic carbocycles. The summed E-state index contributed by atoms with van der Waals surface area (Å²) in [4.78, 5) is 26.1. The lowest BCUT2D eigenvalue weighted by Gasteiger charge is -2.15. The van der Waals surface area contributed by atoms with Gasteiger partial charge in [-0.1, -0.05) is 26.2 Å². The maximum absolute atomic E-state index is 12.0. The van der Waals surface area contributed by atoms with E-state index < -0.39 is 29.7 Å². The van der Waals surface area contributed by atoms with Crippen molar-refractivity contribution in [2.75, 3.05) is 18.5 Å². The molecule has 3 atom stereocenters. The summed E-state index contributed by atoms with van der Waals surface area (Å²) in [7, 11) is 0. The minimum absolute atomic E-state index is 0.188. The van der Waals surface area contributed by atoms with Gasteiger partial charge >= 0.3 is 5.69 Å². The molecular weight excluding hydrogens is 302 g/mol. The molecule has 130 valence electrons. The van der Waals surface area contributed by atoms with Gasteiger partial charge in [0.15, 0.2) is 0 Å². The van der Waals surface area contributed by atoms with Crippen molar-refractivity contribution in [1.82, 2.24) is 9.55 Å². The van der Waals surface area contributed by atoms with Crippen LogP contribution < -0.4 is 16.6 Å². The molecule has 1 fully saturated rings. The number of hydrogen-bond acceptors (Lipinski definition) is 6. The highest BCUT2D eigenvalue weighted by Gasteiger charge is 2.35. The van der Waals surface area contributed by atoms with Gasteiger partial charge < -0.3 is 20.3 Å². The monoisotopic (exact) mass is 327 g/mol. The number of aliphatic hydroxyl groups is 2. The van der Waals surface area contributed by atoms with Crippen LogP contribution >= 0.6 is 0 Å². The molecule has 8 heteroatoms. The maximum atomic E-state index is 12.0. The van der Waals surface area contributed by atoms with Crippen LogP contribution in [-0.2, 0) is 4.74 Å². The van der Waals surface area contributed by atoms with Crippen LogP contribution in [-0.4, -0.2) is 45.1 Å². The third-order valence-corrected chi connectivity index (χ3v) is 4.01. The fourth-order valence-electron chi connectivity index (χ4n) is 2.65. The number of aromatic nitrogens is 2. The molecule has 0 saturated carbocycles. The molecule has 8 nitrogen and oxygen atoms in total. The minimum Gasteiger partial charge on any atom is -0.394 e. The Bertz CT molecular complexity index is 612. The summed E-state index contributed by atoms with van der Waals surface area (Å²) < 4.78 is 6.70. The molecule has 1 saturated heterocycles. The van der Waals surface area contributed by atoms with Crippen LogP contribution in [0.2, 0.25) is 0 Å². The van der Waals surface area contributed by atoms with Gasteiger partial charge in [0.2, 0.25) is 0 Å². The first-order valence-electron chi connectivity index (χ1n) is 8.10. The Balaban J connectivity index is 2.08. The molecular formula is C15H25N3O5. The van der Waals surface area contributed by atoms with Crippen molar-refractivity contribution in [1.29, 1.82) is 0 Å². The highest BCUT2D eigenvalue weighted by Crippen LogP contribution is 2.27. The molecule has 0 radical (unpaired) electrons. The topological polar surface area (TPSA) is 117 Å². The Kier molecular flexibility index (Phi) is 6.37. The fourth-order valence-corrected chi connectivity index (χ4v) is 2.65. The van der Waals surface area contributed by atoms with E-state index in [4.69, 9.17) is 9.84 Å². The molecule has 0 spiro atoms. The standard InChI is InChI=1S/C15H25N3O5/c1-2-3-4-5-6-16-10-8-18(15(22)17-14(10)21)13-7-11(20)12(9-19)23-13/h8,11-13,16,19-20H,2-7,9H2,1H3,(H,17,21,22). The molecule has 4 N–H and O–H groups in total. The van der Waals surface area contributed by atoms with E-state index in [-0.39, 0.29) is 13.0 Å².